The first kappa shape index (κ1) is 14.6. The van der Waals surface area contributed by atoms with Crippen LogP contribution in [0.2, 0.25) is 0 Å². The quantitative estimate of drug-likeness (QED) is 0.671. The minimum absolute atomic E-state index is 0.0322. The Morgan fingerprint density at radius 1 is 1.05 bits per heavy atom. The highest BCUT2D eigenvalue weighted by Crippen LogP contribution is 2.33. The van der Waals surface area contributed by atoms with Crippen LogP contribution >= 0.6 is 0 Å². The van der Waals surface area contributed by atoms with Crippen molar-refractivity contribution >= 4 is 17.1 Å². The molecule has 0 atom stereocenters. The predicted octanol–water partition coefficient (Wildman–Crippen LogP) is 3.66. The highest BCUT2D eigenvalue weighted by Gasteiger charge is 2.14. The standard InChI is InChI=1S/C15H16N2O4/c1-10-4-6-12(13(8-10)17(18)19)16-11-5-7-14(20-2)15(9-11)21-3/h4-9,16H,1-3H3. The first-order valence-corrected chi connectivity index (χ1v) is 6.29. The lowest BCUT2D eigenvalue weighted by Crippen LogP contribution is -1.98. The number of rotatable bonds is 5. The van der Waals surface area contributed by atoms with Crippen molar-refractivity contribution in [1.29, 1.82) is 0 Å². The molecule has 0 unspecified atom stereocenters. The molecule has 6 nitrogen and oxygen atoms in total. The van der Waals surface area contributed by atoms with Crippen molar-refractivity contribution in [3.63, 3.8) is 0 Å². The normalized spacial score (nSPS) is 10.0. The summed E-state index contributed by atoms with van der Waals surface area (Å²) in [7, 11) is 3.09. The molecule has 21 heavy (non-hydrogen) atoms. The maximum Gasteiger partial charge on any atom is 0.292 e. The van der Waals surface area contributed by atoms with Gasteiger partial charge in [0, 0.05) is 17.8 Å². The van der Waals surface area contributed by atoms with Gasteiger partial charge in [0.25, 0.3) is 5.69 Å². The van der Waals surface area contributed by atoms with Gasteiger partial charge in [0.1, 0.15) is 5.69 Å². The average molecular weight is 288 g/mol. The number of hydrogen-bond acceptors (Lipinski definition) is 5. The molecule has 2 aromatic rings. The molecule has 110 valence electrons. The van der Waals surface area contributed by atoms with Crippen LogP contribution in [0.3, 0.4) is 0 Å². The Labute approximate surface area is 122 Å². The van der Waals surface area contributed by atoms with Gasteiger partial charge in [0.15, 0.2) is 11.5 Å². The fourth-order valence-corrected chi connectivity index (χ4v) is 1.97. The second kappa shape index (κ2) is 6.13. The van der Waals surface area contributed by atoms with Crippen molar-refractivity contribution in [3.8, 4) is 11.5 Å². The largest absolute Gasteiger partial charge is 0.493 e. The van der Waals surface area contributed by atoms with Gasteiger partial charge in [-0.15, -0.1) is 0 Å². The van der Waals surface area contributed by atoms with E-state index in [9.17, 15) is 10.1 Å². The van der Waals surface area contributed by atoms with Crippen molar-refractivity contribution < 1.29 is 14.4 Å². The van der Waals surface area contributed by atoms with Crippen LogP contribution in [0.1, 0.15) is 5.56 Å². The van der Waals surface area contributed by atoms with Crippen molar-refractivity contribution in [2.45, 2.75) is 6.92 Å². The van der Waals surface area contributed by atoms with Crippen LogP contribution in [0.15, 0.2) is 36.4 Å². The first-order valence-electron chi connectivity index (χ1n) is 6.29. The van der Waals surface area contributed by atoms with Crippen LogP contribution in [0.5, 0.6) is 11.5 Å². The molecule has 0 aliphatic rings. The molecule has 0 aromatic heterocycles. The van der Waals surface area contributed by atoms with Crippen LogP contribution in [0, 0.1) is 17.0 Å². The van der Waals surface area contributed by atoms with Crippen LogP contribution < -0.4 is 14.8 Å². The molecule has 0 radical (unpaired) electrons. The highest BCUT2D eigenvalue weighted by molar-refractivity contribution is 5.71. The second-order valence-electron chi connectivity index (χ2n) is 4.47. The van der Waals surface area contributed by atoms with E-state index in [2.05, 4.69) is 5.32 Å². The summed E-state index contributed by atoms with van der Waals surface area (Å²) in [6, 6.07) is 10.3. The van der Waals surface area contributed by atoms with Gasteiger partial charge in [-0.25, -0.2) is 0 Å². The number of methoxy groups -OCH3 is 2. The summed E-state index contributed by atoms with van der Waals surface area (Å²) >= 11 is 0. The topological polar surface area (TPSA) is 73.6 Å². The Bertz CT molecular complexity index is 671. The number of aryl methyl sites for hydroxylation is 1. The monoisotopic (exact) mass is 288 g/mol. The molecule has 0 fully saturated rings. The number of benzene rings is 2. The van der Waals surface area contributed by atoms with Crippen molar-refractivity contribution in [2.24, 2.45) is 0 Å². The predicted molar refractivity (Wildman–Crippen MR) is 80.7 cm³/mol. The van der Waals surface area contributed by atoms with Gasteiger partial charge in [-0.3, -0.25) is 10.1 Å². The Hall–Kier alpha value is -2.76. The molecular weight excluding hydrogens is 272 g/mol. The third-order valence-corrected chi connectivity index (χ3v) is 3.01. The molecule has 6 heteroatoms. The Balaban J connectivity index is 2.36. The van der Waals surface area contributed by atoms with Crippen LogP contribution in [-0.2, 0) is 0 Å². The van der Waals surface area contributed by atoms with E-state index in [4.69, 9.17) is 9.47 Å². The zero-order chi connectivity index (χ0) is 15.4. The molecule has 0 aliphatic carbocycles. The Morgan fingerprint density at radius 3 is 2.38 bits per heavy atom. The summed E-state index contributed by atoms with van der Waals surface area (Å²) < 4.78 is 10.4. The van der Waals surface area contributed by atoms with Gasteiger partial charge in [-0.1, -0.05) is 6.07 Å². The third kappa shape index (κ3) is 3.22. The van der Waals surface area contributed by atoms with E-state index in [0.717, 1.165) is 5.56 Å². The number of nitrogens with one attached hydrogen (secondary N) is 1. The maximum atomic E-state index is 11.1. The lowest BCUT2D eigenvalue weighted by molar-refractivity contribution is -0.384. The van der Waals surface area contributed by atoms with Crippen LogP contribution in [0.25, 0.3) is 0 Å². The summed E-state index contributed by atoms with van der Waals surface area (Å²) in [5.74, 6) is 1.15. The number of hydrogen-bond donors (Lipinski definition) is 1. The lowest BCUT2D eigenvalue weighted by atomic mass is 10.2. The number of anilines is 2. The minimum atomic E-state index is -0.407. The molecule has 0 amide bonds. The van der Waals surface area contributed by atoms with Crippen LogP contribution in [0.4, 0.5) is 17.1 Å². The van der Waals surface area contributed by atoms with Gasteiger partial charge < -0.3 is 14.8 Å². The fraction of sp³-hybridized carbons (Fsp3) is 0.200. The number of nitro benzene ring substituents is 1. The second-order valence-corrected chi connectivity index (χ2v) is 4.47. The van der Waals surface area contributed by atoms with Gasteiger partial charge in [0.05, 0.1) is 19.1 Å². The van der Waals surface area contributed by atoms with E-state index < -0.39 is 4.92 Å². The molecule has 0 saturated heterocycles. The molecule has 0 aliphatic heterocycles. The zero-order valence-electron chi connectivity index (χ0n) is 12.0. The van der Waals surface area contributed by atoms with E-state index in [1.807, 2.05) is 13.0 Å². The van der Waals surface area contributed by atoms with Crippen molar-refractivity contribution in [1.82, 2.24) is 0 Å². The lowest BCUT2D eigenvalue weighted by Gasteiger charge is -2.11. The highest BCUT2D eigenvalue weighted by atomic mass is 16.6. The summed E-state index contributed by atoms with van der Waals surface area (Å²) in [5.41, 5.74) is 1.97. The molecule has 2 rings (SSSR count). The van der Waals surface area contributed by atoms with E-state index >= 15 is 0 Å². The van der Waals surface area contributed by atoms with E-state index in [1.54, 1.807) is 31.4 Å². The zero-order valence-corrected chi connectivity index (χ0v) is 12.0. The van der Waals surface area contributed by atoms with Gasteiger partial charge in [0.2, 0.25) is 0 Å². The average Bonchev–Trinajstić information content (AvgIpc) is 2.48. The van der Waals surface area contributed by atoms with Gasteiger partial charge in [-0.2, -0.15) is 0 Å². The van der Waals surface area contributed by atoms with E-state index in [-0.39, 0.29) is 5.69 Å². The van der Waals surface area contributed by atoms with Crippen molar-refractivity contribution in [3.05, 3.63) is 52.1 Å². The Morgan fingerprint density at radius 2 is 1.76 bits per heavy atom. The SMILES string of the molecule is COc1ccc(Nc2ccc(C)cc2[N+](=O)[O-])cc1OC. The molecule has 0 spiro atoms. The van der Waals surface area contributed by atoms with Crippen LogP contribution in [-0.4, -0.2) is 19.1 Å². The molecule has 1 N–H and O–H groups in total. The Kier molecular flexibility index (Phi) is 4.27. The molecule has 0 heterocycles. The van der Waals surface area contributed by atoms with E-state index in [0.29, 0.717) is 22.9 Å². The fourth-order valence-electron chi connectivity index (χ4n) is 1.97. The summed E-state index contributed by atoms with van der Waals surface area (Å²) in [6.07, 6.45) is 0. The number of nitro groups is 1. The molecule has 0 bridgehead atoms. The smallest absolute Gasteiger partial charge is 0.292 e. The summed E-state index contributed by atoms with van der Waals surface area (Å²) in [4.78, 5) is 10.7. The first-order chi connectivity index (χ1) is 10.0. The number of ether oxygens (including phenoxy) is 2. The molecular formula is C15H16N2O4. The van der Waals surface area contributed by atoms with Gasteiger partial charge in [-0.05, 0) is 30.7 Å². The minimum Gasteiger partial charge on any atom is -0.493 e. The third-order valence-electron chi connectivity index (χ3n) is 3.01. The summed E-state index contributed by atoms with van der Waals surface area (Å²) in [6.45, 7) is 1.81. The molecule has 0 saturated carbocycles. The maximum absolute atomic E-state index is 11.1. The summed E-state index contributed by atoms with van der Waals surface area (Å²) in [5, 5.41) is 14.1. The van der Waals surface area contributed by atoms with Crippen molar-refractivity contribution in [2.75, 3.05) is 19.5 Å². The van der Waals surface area contributed by atoms with Gasteiger partial charge >= 0.3 is 0 Å². The molecule has 2 aromatic carbocycles. The van der Waals surface area contributed by atoms with E-state index in [1.165, 1.54) is 13.2 Å². The number of nitrogens with zero attached hydrogens (tertiary/aromatic N) is 1.